The zero-order chi connectivity index (χ0) is 14.0. The van der Waals surface area contributed by atoms with Crippen molar-refractivity contribution in [3.05, 3.63) is 0 Å². The molecule has 2 atom stereocenters. The molecule has 0 bridgehead atoms. The number of thiol groups is 1. The summed E-state index contributed by atoms with van der Waals surface area (Å²) in [7, 11) is 0. The summed E-state index contributed by atoms with van der Waals surface area (Å²) in [5.74, 6) is -0.622. The summed E-state index contributed by atoms with van der Waals surface area (Å²) in [5.41, 5.74) is 0. The van der Waals surface area contributed by atoms with Crippen LogP contribution in [0.1, 0.15) is 13.3 Å². The van der Waals surface area contributed by atoms with E-state index < -0.39 is 5.97 Å². The summed E-state index contributed by atoms with van der Waals surface area (Å²) in [4.78, 5) is 31.9. The third-order valence-corrected chi connectivity index (χ3v) is 2.87. The van der Waals surface area contributed by atoms with E-state index in [1.807, 2.05) is 6.92 Å². The number of aldehydes is 1. The normalized spacial score (nSPS) is 13.7. The highest BCUT2D eigenvalue weighted by Gasteiger charge is 2.12. The van der Waals surface area contributed by atoms with Crippen molar-refractivity contribution in [3.8, 4) is 0 Å². The molecular formula is C11H20N2O4S. The summed E-state index contributed by atoms with van der Waals surface area (Å²) in [6, 6.07) is 0. The van der Waals surface area contributed by atoms with Gasteiger partial charge in [0, 0.05) is 5.92 Å². The largest absolute Gasteiger partial charge is 0.480 e. The van der Waals surface area contributed by atoms with Crippen molar-refractivity contribution in [1.82, 2.24) is 10.6 Å². The Kier molecular flexibility index (Phi) is 9.31. The molecule has 0 aliphatic rings. The van der Waals surface area contributed by atoms with E-state index in [2.05, 4.69) is 23.3 Å². The van der Waals surface area contributed by atoms with E-state index in [9.17, 15) is 14.4 Å². The molecule has 0 aromatic rings. The van der Waals surface area contributed by atoms with Crippen molar-refractivity contribution in [2.75, 3.05) is 25.4 Å². The van der Waals surface area contributed by atoms with Gasteiger partial charge in [-0.1, -0.05) is 6.92 Å². The second kappa shape index (κ2) is 9.90. The molecule has 0 saturated heterocycles. The van der Waals surface area contributed by atoms with Crippen molar-refractivity contribution < 1.29 is 19.5 Å². The van der Waals surface area contributed by atoms with E-state index in [-0.39, 0.29) is 30.8 Å². The minimum absolute atomic E-state index is 0.0233. The molecule has 1 amide bonds. The van der Waals surface area contributed by atoms with Crippen LogP contribution < -0.4 is 10.6 Å². The van der Waals surface area contributed by atoms with Gasteiger partial charge in [0.25, 0.3) is 0 Å². The zero-order valence-corrected chi connectivity index (χ0v) is 11.3. The maximum atomic E-state index is 11.2. The quantitative estimate of drug-likeness (QED) is 0.320. The second-order valence-corrected chi connectivity index (χ2v) is 4.56. The maximum absolute atomic E-state index is 11.2. The Balaban J connectivity index is 3.75. The van der Waals surface area contributed by atoms with Gasteiger partial charge in [-0.15, -0.1) is 0 Å². The Morgan fingerprint density at radius 1 is 1.39 bits per heavy atom. The van der Waals surface area contributed by atoms with E-state index in [4.69, 9.17) is 5.11 Å². The number of hydrogen-bond acceptors (Lipinski definition) is 5. The molecular weight excluding hydrogens is 256 g/mol. The molecule has 0 radical (unpaired) electrons. The first-order valence-corrected chi connectivity index (χ1v) is 6.38. The first-order valence-electron chi connectivity index (χ1n) is 5.75. The van der Waals surface area contributed by atoms with Gasteiger partial charge in [-0.25, -0.2) is 0 Å². The molecule has 0 spiro atoms. The molecule has 104 valence electrons. The Bertz CT molecular complexity index is 286. The first-order chi connectivity index (χ1) is 8.49. The predicted octanol–water partition coefficient (Wildman–Crippen LogP) is -0.452. The summed E-state index contributed by atoms with van der Waals surface area (Å²) >= 11 is 4.19. The van der Waals surface area contributed by atoms with Gasteiger partial charge in [-0.3, -0.25) is 9.59 Å². The summed E-state index contributed by atoms with van der Waals surface area (Å²) < 4.78 is 0. The minimum Gasteiger partial charge on any atom is -0.480 e. The van der Waals surface area contributed by atoms with Gasteiger partial charge in [-0.2, -0.15) is 12.6 Å². The maximum Gasteiger partial charge on any atom is 0.322 e. The SMILES string of the molecule is CC(C=O)CC(CS)CNCC(=O)NCC(=O)O. The molecule has 3 N–H and O–H groups in total. The van der Waals surface area contributed by atoms with Crippen molar-refractivity contribution in [2.45, 2.75) is 13.3 Å². The molecule has 0 fully saturated rings. The summed E-state index contributed by atoms with van der Waals surface area (Å²) in [6.45, 7) is 2.09. The molecule has 0 aliphatic carbocycles. The van der Waals surface area contributed by atoms with E-state index in [0.717, 1.165) is 12.7 Å². The third-order valence-electron chi connectivity index (χ3n) is 2.35. The topological polar surface area (TPSA) is 95.5 Å². The van der Waals surface area contributed by atoms with Gasteiger partial charge in [0.2, 0.25) is 5.91 Å². The van der Waals surface area contributed by atoms with Crippen LogP contribution in [0.3, 0.4) is 0 Å². The monoisotopic (exact) mass is 276 g/mol. The van der Waals surface area contributed by atoms with Crippen LogP contribution in [0.15, 0.2) is 0 Å². The predicted molar refractivity (Wildman–Crippen MR) is 70.7 cm³/mol. The number of rotatable bonds is 10. The second-order valence-electron chi connectivity index (χ2n) is 4.20. The van der Waals surface area contributed by atoms with Crippen LogP contribution in [0.4, 0.5) is 0 Å². The van der Waals surface area contributed by atoms with E-state index in [0.29, 0.717) is 12.3 Å². The lowest BCUT2D eigenvalue weighted by molar-refractivity contribution is -0.137. The van der Waals surface area contributed by atoms with Gasteiger partial charge in [0.15, 0.2) is 0 Å². The fourth-order valence-corrected chi connectivity index (χ4v) is 1.71. The van der Waals surface area contributed by atoms with Gasteiger partial charge >= 0.3 is 5.97 Å². The molecule has 0 saturated carbocycles. The zero-order valence-electron chi connectivity index (χ0n) is 10.4. The van der Waals surface area contributed by atoms with Crippen molar-refractivity contribution in [1.29, 1.82) is 0 Å². The summed E-state index contributed by atoms with van der Waals surface area (Å²) in [5, 5.41) is 13.5. The van der Waals surface area contributed by atoms with Crippen LogP contribution in [-0.4, -0.2) is 48.7 Å². The van der Waals surface area contributed by atoms with Crippen LogP contribution >= 0.6 is 12.6 Å². The Morgan fingerprint density at radius 2 is 2.06 bits per heavy atom. The van der Waals surface area contributed by atoms with Crippen molar-refractivity contribution >= 4 is 30.8 Å². The van der Waals surface area contributed by atoms with Gasteiger partial charge in [0.1, 0.15) is 12.8 Å². The average Bonchev–Trinajstić information content (AvgIpc) is 2.34. The van der Waals surface area contributed by atoms with E-state index in [1.165, 1.54) is 0 Å². The number of carboxylic acids is 1. The van der Waals surface area contributed by atoms with Crippen molar-refractivity contribution in [2.24, 2.45) is 11.8 Å². The molecule has 2 unspecified atom stereocenters. The lowest BCUT2D eigenvalue weighted by Crippen LogP contribution is -2.38. The van der Waals surface area contributed by atoms with Crippen LogP contribution in [0.2, 0.25) is 0 Å². The molecule has 7 heteroatoms. The van der Waals surface area contributed by atoms with Crippen LogP contribution in [-0.2, 0) is 14.4 Å². The fraction of sp³-hybridized carbons (Fsp3) is 0.727. The lowest BCUT2D eigenvalue weighted by Gasteiger charge is -2.16. The number of aliphatic carboxylic acids is 1. The van der Waals surface area contributed by atoms with Gasteiger partial charge in [-0.05, 0) is 24.6 Å². The van der Waals surface area contributed by atoms with E-state index in [1.54, 1.807) is 0 Å². The number of nitrogens with one attached hydrogen (secondary N) is 2. The molecule has 6 nitrogen and oxygen atoms in total. The van der Waals surface area contributed by atoms with Gasteiger partial charge < -0.3 is 20.5 Å². The molecule has 0 heterocycles. The fourth-order valence-electron chi connectivity index (χ4n) is 1.43. The smallest absolute Gasteiger partial charge is 0.322 e. The van der Waals surface area contributed by atoms with Crippen LogP contribution in [0.5, 0.6) is 0 Å². The molecule has 0 aromatic heterocycles. The van der Waals surface area contributed by atoms with Crippen LogP contribution in [0.25, 0.3) is 0 Å². The average molecular weight is 276 g/mol. The van der Waals surface area contributed by atoms with Gasteiger partial charge in [0.05, 0.1) is 6.54 Å². The minimum atomic E-state index is -1.07. The van der Waals surface area contributed by atoms with Crippen LogP contribution in [0, 0.1) is 11.8 Å². The molecule has 0 aromatic carbocycles. The standard InChI is InChI=1S/C11H20N2O4S/c1-8(6-14)2-9(7-18)3-12-4-10(15)13-5-11(16)17/h6,8-9,12,18H,2-5,7H2,1H3,(H,13,15)(H,16,17). The number of carbonyl (C=O) groups is 3. The lowest BCUT2D eigenvalue weighted by atomic mass is 9.98. The highest BCUT2D eigenvalue weighted by molar-refractivity contribution is 7.80. The number of carboxylic acid groups (broad SMARTS) is 1. The highest BCUT2D eigenvalue weighted by Crippen LogP contribution is 2.10. The van der Waals surface area contributed by atoms with E-state index >= 15 is 0 Å². The number of amides is 1. The Morgan fingerprint density at radius 3 is 2.56 bits per heavy atom. The summed E-state index contributed by atoms with van der Waals surface area (Å²) in [6.07, 6.45) is 1.62. The Hall–Kier alpha value is -1.08. The Labute approximate surface area is 112 Å². The molecule has 0 aliphatic heterocycles. The third kappa shape index (κ3) is 9.00. The highest BCUT2D eigenvalue weighted by atomic mass is 32.1. The number of hydrogen-bond donors (Lipinski definition) is 4. The number of carbonyl (C=O) groups excluding carboxylic acids is 2. The first kappa shape index (κ1) is 16.9. The molecule has 18 heavy (non-hydrogen) atoms. The molecule has 0 rings (SSSR count). The van der Waals surface area contributed by atoms with Crippen molar-refractivity contribution in [3.63, 3.8) is 0 Å².